The van der Waals surface area contributed by atoms with Crippen LogP contribution in [0.25, 0.3) is 22.2 Å². The highest BCUT2D eigenvalue weighted by Gasteiger charge is 2.15. The number of carbonyl (C=O) groups is 1. The number of benzene rings is 3. The van der Waals surface area contributed by atoms with Crippen molar-refractivity contribution >= 4 is 26.8 Å². The fourth-order valence-electron chi connectivity index (χ4n) is 3.36. The first-order valence-corrected chi connectivity index (χ1v) is 11.0. The number of aliphatic hydroxyl groups excluding tert-OH is 1. The van der Waals surface area contributed by atoms with Gasteiger partial charge < -0.3 is 10.4 Å². The molecule has 0 radical (unpaired) electrons. The Bertz CT molecular complexity index is 1380. The lowest BCUT2D eigenvalue weighted by Gasteiger charge is -2.09. The second-order valence-corrected chi connectivity index (χ2v) is 8.58. The quantitative estimate of drug-likeness (QED) is 0.367. The Kier molecular flexibility index (Phi) is 5.55. The van der Waals surface area contributed by atoms with Crippen LogP contribution in [0.3, 0.4) is 0 Å². The summed E-state index contributed by atoms with van der Waals surface area (Å²) in [4.78, 5) is 12.7. The second-order valence-electron chi connectivity index (χ2n) is 7.01. The van der Waals surface area contributed by atoms with Crippen LogP contribution >= 0.6 is 0 Å². The van der Waals surface area contributed by atoms with Gasteiger partial charge in [-0.15, -0.1) is 0 Å². The number of sulfonamides is 1. The van der Waals surface area contributed by atoms with Crippen LogP contribution in [0.15, 0.2) is 71.6 Å². The summed E-state index contributed by atoms with van der Waals surface area (Å²) in [6, 6.07) is 18.6. The van der Waals surface area contributed by atoms with Gasteiger partial charge in [0.15, 0.2) is 0 Å². The largest absolute Gasteiger partial charge is 0.392 e. The predicted octanol–water partition coefficient (Wildman–Crippen LogP) is 2.30. The molecule has 9 heteroatoms. The van der Waals surface area contributed by atoms with Crippen LogP contribution in [0.2, 0.25) is 0 Å². The van der Waals surface area contributed by atoms with Gasteiger partial charge in [-0.1, -0.05) is 36.4 Å². The maximum absolute atomic E-state index is 12.7. The number of H-pyrrole nitrogens is 1. The number of rotatable bonds is 6. The Morgan fingerprint density at radius 3 is 2.55 bits per heavy atom. The van der Waals surface area contributed by atoms with E-state index in [2.05, 4.69) is 15.5 Å². The molecule has 1 aromatic heterocycles. The van der Waals surface area contributed by atoms with Crippen LogP contribution in [-0.2, 0) is 23.2 Å². The lowest BCUT2D eigenvalue weighted by molar-refractivity contribution is 0.0950. The summed E-state index contributed by atoms with van der Waals surface area (Å²) < 4.78 is 23.4. The van der Waals surface area contributed by atoms with Gasteiger partial charge in [0.1, 0.15) is 0 Å². The van der Waals surface area contributed by atoms with Crippen molar-refractivity contribution in [2.75, 3.05) is 0 Å². The minimum Gasteiger partial charge on any atom is -0.392 e. The third-order valence-corrected chi connectivity index (χ3v) is 5.90. The van der Waals surface area contributed by atoms with Crippen molar-refractivity contribution in [3.63, 3.8) is 0 Å². The molecular formula is C22H20N4O4S. The fraction of sp³-hybridized carbons (Fsp3) is 0.0909. The molecule has 0 aliphatic rings. The number of aromatic amines is 1. The summed E-state index contributed by atoms with van der Waals surface area (Å²) in [7, 11) is -3.85. The third kappa shape index (κ3) is 4.33. The molecule has 1 amide bonds. The Morgan fingerprint density at radius 1 is 1.03 bits per heavy atom. The molecule has 5 N–H and O–H groups in total. The fourth-order valence-corrected chi connectivity index (χ4v) is 3.92. The van der Waals surface area contributed by atoms with Gasteiger partial charge in [0.25, 0.3) is 5.91 Å². The number of amides is 1. The van der Waals surface area contributed by atoms with Crippen molar-refractivity contribution in [1.29, 1.82) is 0 Å². The number of nitrogens with one attached hydrogen (secondary N) is 2. The first kappa shape index (κ1) is 20.7. The molecule has 0 unspecified atom stereocenters. The number of fused-ring (bicyclic) bond motifs is 1. The van der Waals surface area contributed by atoms with E-state index in [9.17, 15) is 18.3 Å². The first-order chi connectivity index (χ1) is 14.9. The zero-order valence-electron chi connectivity index (χ0n) is 16.4. The summed E-state index contributed by atoms with van der Waals surface area (Å²) in [5.41, 5.74) is 3.80. The van der Waals surface area contributed by atoms with Gasteiger partial charge in [0, 0.05) is 23.1 Å². The molecule has 0 saturated heterocycles. The second kappa shape index (κ2) is 8.31. The van der Waals surface area contributed by atoms with E-state index >= 15 is 0 Å². The molecule has 0 atom stereocenters. The molecule has 31 heavy (non-hydrogen) atoms. The average Bonchev–Trinajstić information content (AvgIpc) is 3.20. The van der Waals surface area contributed by atoms with Crippen LogP contribution in [0.1, 0.15) is 21.5 Å². The topological polar surface area (TPSA) is 138 Å². The smallest absolute Gasteiger partial charge is 0.251 e. The van der Waals surface area contributed by atoms with E-state index in [0.29, 0.717) is 27.7 Å². The van der Waals surface area contributed by atoms with Gasteiger partial charge in [0.05, 0.1) is 22.7 Å². The predicted molar refractivity (Wildman–Crippen MR) is 116 cm³/mol. The van der Waals surface area contributed by atoms with Crippen LogP contribution in [0, 0.1) is 0 Å². The van der Waals surface area contributed by atoms with Crippen molar-refractivity contribution in [3.05, 3.63) is 83.4 Å². The van der Waals surface area contributed by atoms with Crippen LogP contribution < -0.4 is 10.5 Å². The molecule has 0 fully saturated rings. The minimum atomic E-state index is -3.85. The highest BCUT2D eigenvalue weighted by molar-refractivity contribution is 7.89. The summed E-state index contributed by atoms with van der Waals surface area (Å²) in [6.45, 7) is 0.177. The summed E-state index contributed by atoms with van der Waals surface area (Å²) in [6.07, 6.45) is 0. The maximum atomic E-state index is 12.7. The molecule has 0 aliphatic heterocycles. The van der Waals surface area contributed by atoms with E-state index in [1.807, 2.05) is 18.2 Å². The Balaban J connectivity index is 1.63. The maximum Gasteiger partial charge on any atom is 0.251 e. The highest BCUT2D eigenvalue weighted by atomic mass is 32.2. The molecule has 0 spiro atoms. The van der Waals surface area contributed by atoms with Gasteiger partial charge >= 0.3 is 0 Å². The highest BCUT2D eigenvalue weighted by Crippen LogP contribution is 2.28. The molecule has 4 aromatic rings. The number of nitrogens with two attached hydrogens (primary N) is 1. The van der Waals surface area contributed by atoms with Crippen LogP contribution in [0.5, 0.6) is 0 Å². The lowest BCUT2D eigenvalue weighted by atomic mass is 10.0. The van der Waals surface area contributed by atoms with E-state index in [1.165, 1.54) is 12.1 Å². The lowest BCUT2D eigenvalue weighted by Crippen LogP contribution is -2.23. The summed E-state index contributed by atoms with van der Waals surface area (Å²) in [5.74, 6) is -0.278. The van der Waals surface area contributed by atoms with E-state index in [-0.39, 0.29) is 24.0 Å². The first-order valence-electron chi connectivity index (χ1n) is 9.44. The third-order valence-electron chi connectivity index (χ3n) is 4.99. The van der Waals surface area contributed by atoms with Crippen molar-refractivity contribution in [2.45, 2.75) is 18.0 Å². The van der Waals surface area contributed by atoms with E-state index in [1.54, 1.807) is 36.4 Å². The number of hydrogen-bond donors (Lipinski definition) is 4. The number of hydrogen-bond acceptors (Lipinski definition) is 5. The summed E-state index contributed by atoms with van der Waals surface area (Å²) in [5, 5.41) is 25.4. The van der Waals surface area contributed by atoms with Crippen molar-refractivity contribution in [3.8, 4) is 11.3 Å². The normalized spacial score (nSPS) is 11.5. The van der Waals surface area contributed by atoms with Gasteiger partial charge in [-0.25, -0.2) is 13.6 Å². The Hall–Kier alpha value is -3.53. The molecule has 8 nitrogen and oxygen atoms in total. The monoisotopic (exact) mass is 436 g/mol. The molecule has 158 valence electrons. The molecule has 3 aromatic carbocycles. The van der Waals surface area contributed by atoms with Gasteiger partial charge in [-0.05, 0) is 41.5 Å². The van der Waals surface area contributed by atoms with Crippen molar-refractivity contribution in [1.82, 2.24) is 15.5 Å². The summed E-state index contributed by atoms with van der Waals surface area (Å²) >= 11 is 0. The molecular weight excluding hydrogens is 416 g/mol. The number of aromatic nitrogens is 2. The Labute approximate surface area is 178 Å². The van der Waals surface area contributed by atoms with Gasteiger partial charge in [-0.2, -0.15) is 5.10 Å². The molecule has 0 bridgehead atoms. The zero-order valence-corrected chi connectivity index (χ0v) is 17.2. The van der Waals surface area contributed by atoms with E-state index < -0.39 is 10.0 Å². The average molecular weight is 436 g/mol. The number of primary sulfonamides is 1. The van der Waals surface area contributed by atoms with Crippen LogP contribution in [0.4, 0.5) is 0 Å². The van der Waals surface area contributed by atoms with Gasteiger partial charge in [0.2, 0.25) is 10.0 Å². The van der Waals surface area contributed by atoms with E-state index in [4.69, 9.17) is 5.14 Å². The number of carbonyl (C=O) groups excluding carboxylic acids is 1. The molecule has 0 saturated carbocycles. The van der Waals surface area contributed by atoms with Crippen LogP contribution in [-0.4, -0.2) is 29.6 Å². The van der Waals surface area contributed by atoms with Gasteiger partial charge in [-0.3, -0.25) is 9.89 Å². The standard InChI is InChI=1S/C22H20N4O4S/c23-31(29,30)18-7-3-6-14(10-18)21-19-11-15(8-9-20(19)25-26-21)22(28)24-12-16-4-1-2-5-17(16)13-27/h1-11,27H,12-13H2,(H,24,28)(H,25,26)(H2,23,29,30). The zero-order chi connectivity index (χ0) is 22.0. The number of nitrogens with zero attached hydrogens (tertiary/aromatic N) is 1. The minimum absolute atomic E-state index is 0.0161. The SMILES string of the molecule is NS(=O)(=O)c1cccc(-c2n[nH]c3ccc(C(=O)NCc4ccccc4CO)cc23)c1. The molecule has 1 heterocycles. The van der Waals surface area contributed by atoms with E-state index in [0.717, 1.165) is 11.1 Å². The molecule has 0 aliphatic carbocycles. The Morgan fingerprint density at radius 2 is 1.81 bits per heavy atom. The molecule has 4 rings (SSSR count). The van der Waals surface area contributed by atoms with Crippen molar-refractivity contribution < 1.29 is 18.3 Å². The van der Waals surface area contributed by atoms with Crippen molar-refractivity contribution in [2.24, 2.45) is 5.14 Å². The number of aliphatic hydroxyl groups is 1.